The largest absolute Gasteiger partial charge is 0.480 e. The molecule has 0 spiro atoms. The van der Waals surface area contributed by atoms with Crippen LogP contribution in [0, 0.1) is 0 Å². The summed E-state index contributed by atoms with van der Waals surface area (Å²) in [6, 6.07) is 1.88. The first-order chi connectivity index (χ1) is 6.85. The molecule has 0 saturated heterocycles. The van der Waals surface area contributed by atoms with Crippen LogP contribution in [0.5, 0.6) is 0 Å². The number of carbonyl (C=O) groups is 1. The minimum absolute atomic E-state index is 0.565. The van der Waals surface area contributed by atoms with Crippen molar-refractivity contribution in [1.29, 1.82) is 0 Å². The van der Waals surface area contributed by atoms with Crippen molar-refractivity contribution < 1.29 is 9.90 Å². The van der Waals surface area contributed by atoms with Gasteiger partial charge in [0.15, 0.2) is 0 Å². The lowest BCUT2D eigenvalue weighted by atomic mass is 10.0. The summed E-state index contributed by atoms with van der Waals surface area (Å²) >= 11 is 0. The molecule has 0 aliphatic carbocycles. The Morgan fingerprint density at radius 3 is 2.67 bits per heavy atom. The topological polar surface area (TPSA) is 58.4 Å². The number of aryl methyl sites for hydroxylation is 1. The Labute approximate surface area is 89.3 Å². The molecule has 5 heteroatoms. The molecule has 0 saturated carbocycles. The maximum atomic E-state index is 11.0. The van der Waals surface area contributed by atoms with Gasteiger partial charge in [0, 0.05) is 19.8 Å². The smallest absolute Gasteiger partial charge is 0.323 e. The quantitative estimate of drug-likeness (QED) is 0.797. The minimum Gasteiger partial charge on any atom is -0.480 e. The van der Waals surface area contributed by atoms with E-state index in [9.17, 15) is 4.79 Å². The van der Waals surface area contributed by atoms with E-state index in [1.165, 1.54) is 0 Å². The molecular formula is C10H17N3O2. The van der Waals surface area contributed by atoms with Crippen molar-refractivity contribution in [2.24, 2.45) is 7.05 Å². The Morgan fingerprint density at radius 2 is 2.27 bits per heavy atom. The molecule has 0 aliphatic heterocycles. The molecule has 1 aromatic rings. The molecule has 0 atom stereocenters. The summed E-state index contributed by atoms with van der Waals surface area (Å²) in [5.41, 5.74) is 0.122. The fraction of sp³-hybridized carbons (Fsp3) is 0.600. The minimum atomic E-state index is -0.871. The van der Waals surface area contributed by atoms with Crippen LogP contribution >= 0.6 is 0 Å². The summed E-state index contributed by atoms with van der Waals surface area (Å²) in [5.74, 6) is -0.827. The summed E-state index contributed by atoms with van der Waals surface area (Å²) in [5, 5.41) is 13.1. The zero-order valence-corrected chi connectivity index (χ0v) is 9.56. The van der Waals surface area contributed by atoms with Gasteiger partial charge in [0.2, 0.25) is 0 Å². The zero-order valence-electron chi connectivity index (χ0n) is 9.56. The normalized spacial score (nSPS) is 12.1. The fourth-order valence-corrected chi connectivity index (χ4v) is 1.16. The van der Waals surface area contributed by atoms with E-state index in [1.807, 2.05) is 13.1 Å². The number of nitrogens with zero attached hydrogens (tertiary/aromatic N) is 3. The van der Waals surface area contributed by atoms with E-state index in [0.717, 1.165) is 5.69 Å². The second kappa shape index (κ2) is 4.02. The van der Waals surface area contributed by atoms with Gasteiger partial charge in [-0.15, -0.1) is 0 Å². The highest BCUT2D eigenvalue weighted by Gasteiger charge is 2.32. The van der Waals surface area contributed by atoms with Crippen molar-refractivity contribution in [3.05, 3.63) is 18.0 Å². The zero-order chi connectivity index (χ0) is 11.6. The van der Waals surface area contributed by atoms with Crippen LogP contribution in [0.4, 0.5) is 0 Å². The number of hydrogen-bond acceptors (Lipinski definition) is 3. The number of rotatable bonds is 4. The van der Waals surface area contributed by atoms with Crippen LogP contribution in [0.3, 0.4) is 0 Å². The molecule has 1 heterocycles. The predicted octanol–water partition coefficient (Wildman–Crippen LogP) is 0.715. The molecule has 1 N–H and O–H groups in total. The second-order valence-corrected chi connectivity index (χ2v) is 4.17. The Hall–Kier alpha value is -1.36. The lowest BCUT2D eigenvalue weighted by Crippen LogP contribution is -2.47. The monoisotopic (exact) mass is 211 g/mol. The van der Waals surface area contributed by atoms with Crippen molar-refractivity contribution in [1.82, 2.24) is 14.7 Å². The molecule has 5 nitrogen and oxygen atoms in total. The summed E-state index contributed by atoms with van der Waals surface area (Å²) in [6.45, 7) is 3.94. The van der Waals surface area contributed by atoms with Gasteiger partial charge in [0.05, 0.1) is 5.69 Å². The summed E-state index contributed by atoms with van der Waals surface area (Å²) in [6.07, 6.45) is 1.71. The molecule has 84 valence electrons. The van der Waals surface area contributed by atoms with Gasteiger partial charge in [-0.05, 0) is 27.0 Å². The summed E-state index contributed by atoms with van der Waals surface area (Å²) in [7, 11) is 3.64. The van der Waals surface area contributed by atoms with E-state index in [0.29, 0.717) is 6.54 Å². The predicted molar refractivity (Wildman–Crippen MR) is 56.4 cm³/mol. The summed E-state index contributed by atoms with van der Waals surface area (Å²) < 4.78 is 1.74. The van der Waals surface area contributed by atoms with E-state index in [1.54, 1.807) is 36.7 Å². The van der Waals surface area contributed by atoms with Gasteiger partial charge in [-0.2, -0.15) is 5.10 Å². The third-order valence-electron chi connectivity index (χ3n) is 2.80. The first kappa shape index (κ1) is 11.7. The number of hydrogen-bond donors (Lipinski definition) is 1. The molecule has 0 aliphatic rings. The van der Waals surface area contributed by atoms with Crippen LogP contribution in [0.2, 0.25) is 0 Å². The molecule has 0 aromatic carbocycles. The van der Waals surface area contributed by atoms with Gasteiger partial charge in [0.25, 0.3) is 0 Å². The SMILES string of the molecule is CN(Cc1ccnn1C)C(C)(C)C(=O)O. The number of aliphatic carboxylic acids is 1. The summed E-state index contributed by atoms with van der Waals surface area (Å²) in [4.78, 5) is 12.8. The molecule has 0 unspecified atom stereocenters. The number of likely N-dealkylation sites (N-methyl/N-ethyl adjacent to an activating group) is 1. The van der Waals surface area contributed by atoms with E-state index in [4.69, 9.17) is 5.11 Å². The van der Waals surface area contributed by atoms with Crippen molar-refractivity contribution in [3.8, 4) is 0 Å². The van der Waals surface area contributed by atoms with Crippen LogP contribution in [0.15, 0.2) is 12.3 Å². The van der Waals surface area contributed by atoms with Crippen LogP contribution in [0.25, 0.3) is 0 Å². The van der Waals surface area contributed by atoms with Crippen molar-refractivity contribution in [3.63, 3.8) is 0 Å². The molecule has 0 bridgehead atoms. The average molecular weight is 211 g/mol. The first-order valence-corrected chi connectivity index (χ1v) is 4.77. The third kappa shape index (κ3) is 2.36. The Kier molecular flexibility index (Phi) is 3.14. The maximum absolute atomic E-state index is 11.0. The van der Waals surface area contributed by atoms with Gasteiger partial charge >= 0.3 is 5.97 Å². The van der Waals surface area contributed by atoms with Crippen molar-refractivity contribution >= 4 is 5.97 Å². The van der Waals surface area contributed by atoms with Crippen LogP contribution in [-0.4, -0.2) is 38.3 Å². The molecule has 0 radical (unpaired) electrons. The van der Waals surface area contributed by atoms with Gasteiger partial charge in [-0.25, -0.2) is 0 Å². The van der Waals surface area contributed by atoms with Crippen molar-refractivity contribution in [2.75, 3.05) is 7.05 Å². The number of carboxylic acids is 1. The van der Waals surface area contributed by atoms with Crippen LogP contribution in [0.1, 0.15) is 19.5 Å². The van der Waals surface area contributed by atoms with Gasteiger partial charge < -0.3 is 5.11 Å². The lowest BCUT2D eigenvalue weighted by Gasteiger charge is -2.31. The van der Waals surface area contributed by atoms with Crippen molar-refractivity contribution in [2.45, 2.75) is 25.9 Å². The molecule has 1 aromatic heterocycles. The highest BCUT2D eigenvalue weighted by atomic mass is 16.4. The second-order valence-electron chi connectivity index (χ2n) is 4.17. The highest BCUT2D eigenvalue weighted by Crippen LogP contribution is 2.15. The van der Waals surface area contributed by atoms with Gasteiger partial charge in [0.1, 0.15) is 5.54 Å². The van der Waals surface area contributed by atoms with E-state index >= 15 is 0 Å². The standard InChI is InChI=1S/C10H17N3O2/c1-10(2,9(14)15)12(3)7-8-5-6-11-13(8)4/h5-6H,7H2,1-4H3,(H,14,15). The highest BCUT2D eigenvalue weighted by molar-refractivity contribution is 5.77. The number of aromatic nitrogens is 2. The van der Waals surface area contributed by atoms with E-state index in [-0.39, 0.29) is 0 Å². The van der Waals surface area contributed by atoms with Crippen LogP contribution < -0.4 is 0 Å². The molecule has 15 heavy (non-hydrogen) atoms. The first-order valence-electron chi connectivity index (χ1n) is 4.77. The average Bonchev–Trinajstić information content (AvgIpc) is 2.51. The van der Waals surface area contributed by atoms with Gasteiger partial charge in [-0.3, -0.25) is 14.4 Å². The van der Waals surface area contributed by atoms with E-state index < -0.39 is 11.5 Å². The molecule has 1 rings (SSSR count). The lowest BCUT2D eigenvalue weighted by molar-refractivity contribution is -0.148. The van der Waals surface area contributed by atoms with Crippen LogP contribution in [-0.2, 0) is 18.4 Å². The Morgan fingerprint density at radius 1 is 1.67 bits per heavy atom. The Balaban J connectivity index is 2.76. The third-order valence-corrected chi connectivity index (χ3v) is 2.80. The molecular weight excluding hydrogens is 194 g/mol. The number of carboxylic acid groups (broad SMARTS) is 1. The Bertz CT molecular complexity index is 357. The fourth-order valence-electron chi connectivity index (χ4n) is 1.16. The molecule has 0 fully saturated rings. The maximum Gasteiger partial charge on any atom is 0.323 e. The van der Waals surface area contributed by atoms with E-state index in [2.05, 4.69) is 5.10 Å². The molecule has 0 amide bonds. The van der Waals surface area contributed by atoms with Gasteiger partial charge in [-0.1, -0.05) is 0 Å².